The van der Waals surface area contributed by atoms with Crippen molar-refractivity contribution < 1.29 is 12.6 Å². The highest BCUT2D eigenvalue weighted by Gasteiger charge is 2.15. The molecule has 0 aromatic rings. The molecule has 0 aromatic heterocycles. The van der Waals surface area contributed by atoms with Gasteiger partial charge < -0.3 is 0 Å². The van der Waals surface area contributed by atoms with Gasteiger partial charge in [-0.05, 0) is 12.8 Å². The average molecular weight is 503 g/mol. The minimum atomic E-state index is -3.35. The lowest BCUT2D eigenvalue weighted by Crippen LogP contribution is -2.17. The Morgan fingerprint density at radius 3 is 0.912 bits per heavy atom. The molecule has 3 nitrogen and oxygen atoms in total. The summed E-state index contributed by atoms with van der Waals surface area (Å²) < 4.78 is 28.6. The molecule has 0 amide bonds. The van der Waals surface area contributed by atoms with Gasteiger partial charge in [0.25, 0.3) is 10.1 Å². The molecule has 0 saturated heterocycles. The van der Waals surface area contributed by atoms with Crippen molar-refractivity contribution in [1.29, 1.82) is 0 Å². The predicted octanol–water partition coefficient (Wildman–Crippen LogP) is 10.5. The second-order valence-corrected chi connectivity index (χ2v) is 12.4. The zero-order chi connectivity index (χ0) is 25.2. The molecule has 4 heteroatoms. The molecular formula is C30H62O3S. The second-order valence-electron chi connectivity index (χ2n) is 10.8. The molecule has 0 aliphatic carbocycles. The van der Waals surface area contributed by atoms with Crippen molar-refractivity contribution >= 4 is 10.1 Å². The van der Waals surface area contributed by atoms with Crippen molar-refractivity contribution in [3.63, 3.8) is 0 Å². The fourth-order valence-corrected chi connectivity index (χ4v) is 5.60. The molecule has 0 heterocycles. The van der Waals surface area contributed by atoms with Gasteiger partial charge >= 0.3 is 0 Å². The Hall–Kier alpha value is -0.0900. The third kappa shape index (κ3) is 28.1. The molecule has 0 bridgehead atoms. The van der Waals surface area contributed by atoms with Crippen LogP contribution in [0.5, 0.6) is 0 Å². The average Bonchev–Trinajstić information content (AvgIpc) is 2.79. The zero-order valence-corrected chi connectivity index (χ0v) is 24.4. The van der Waals surface area contributed by atoms with Gasteiger partial charge in [-0.1, -0.05) is 168 Å². The first-order valence-electron chi connectivity index (χ1n) is 15.4. The summed E-state index contributed by atoms with van der Waals surface area (Å²) in [6.07, 6.45) is 34.9. The van der Waals surface area contributed by atoms with Crippen LogP contribution in [0.4, 0.5) is 0 Å². The van der Waals surface area contributed by atoms with Crippen LogP contribution in [0.25, 0.3) is 0 Å². The fraction of sp³-hybridized carbons (Fsp3) is 1.00. The van der Waals surface area contributed by atoms with Crippen LogP contribution in [0.3, 0.4) is 0 Å². The van der Waals surface area contributed by atoms with E-state index in [2.05, 4.69) is 13.8 Å². The maximum Gasteiger partial charge on any atom is 0.264 e. The van der Waals surface area contributed by atoms with Crippen LogP contribution < -0.4 is 0 Å². The Kier molecular flexibility index (Phi) is 25.9. The highest BCUT2D eigenvalue weighted by molar-refractivity contribution is 7.86. The smallest absolute Gasteiger partial charge is 0.264 e. The van der Waals surface area contributed by atoms with Crippen molar-refractivity contribution in [1.82, 2.24) is 0 Å². The van der Waals surface area contributed by atoms with Crippen molar-refractivity contribution in [3.8, 4) is 0 Å². The van der Waals surface area contributed by atoms with Gasteiger partial charge in [0.2, 0.25) is 0 Å². The summed E-state index contributed by atoms with van der Waals surface area (Å²) in [5.41, 5.74) is 0. The van der Waals surface area contributed by atoms with Gasteiger partial charge in [0.1, 0.15) is 0 Å². The molecule has 0 rings (SSSR count). The van der Waals surface area contributed by atoms with E-state index in [1.807, 2.05) is 0 Å². The van der Waals surface area contributed by atoms with Gasteiger partial charge in [-0.25, -0.2) is 0 Å². The molecule has 0 fully saturated rings. The van der Waals surface area contributed by atoms with E-state index < -0.39 is 10.1 Å². The Morgan fingerprint density at radius 1 is 0.441 bits per heavy atom. The first kappa shape index (κ1) is 33.9. The van der Waals surface area contributed by atoms with Crippen LogP contribution in [0.2, 0.25) is 0 Å². The van der Waals surface area contributed by atoms with Crippen LogP contribution >= 0.6 is 0 Å². The second kappa shape index (κ2) is 26.0. The molecule has 0 aliphatic rings. The first-order chi connectivity index (χ1) is 16.5. The normalized spacial score (nSPS) is 12.9. The van der Waals surface area contributed by atoms with E-state index in [0.717, 1.165) is 25.7 Å². The molecule has 0 saturated carbocycles. The molecule has 206 valence electrons. The fourth-order valence-electron chi connectivity index (χ4n) is 4.91. The monoisotopic (exact) mass is 502 g/mol. The summed E-state index contributed by atoms with van der Waals surface area (Å²) in [5, 5.41) is 0. The minimum Gasteiger partial charge on any atom is -0.267 e. The standard InChI is InChI=1S/C30H62O3S/c1-4-6-8-10-12-14-15-16-17-18-19-20-21-23-25-27-29-30(33-34(3,31)32)28-26-24-22-13-11-9-7-5-2/h30H,4-29H2,1-3H3. The Balaban J connectivity index is 3.59. The Bertz CT molecular complexity index is 489. The van der Waals surface area contributed by atoms with Crippen LogP contribution in [0, 0.1) is 0 Å². The van der Waals surface area contributed by atoms with Crippen LogP contribution in [0.1, 0.15) is 181 Å². The highest BCUT2D eigenvalue weighted by Crippen LogP contribution is 2.19. The van der Waals surface area contributed by atoms with Crippen LogP contribution in [0.15, 0.2) is 0 Å². The topological polar surface area (TPSA) is 43.4 Å². The highest BCUT2D eigenvalue weighted by atomic mass is 32.2. The minimum absolute atomic E-state index is 0.110. The molecule has 0 N–H and O–H groups in total. The molecule has 0 radical (unpaired) electrons. The number of rotatable bonds is 28. The summed E-state index contributed by atoms with van der Waals surface area (Å²) >= 11 is 0. The van der Waals surface area contributed by atoms with Crippen molar-refractivity contribution in [3.05, 3.63) is 0 Å². The lowest BCUT2D eigenvalue weighted by molar-refractivity contribution is 0.182. The molecule has 0 aliphatic heterocycles. The molecular weight excluding hydrogens is 440 g/mol. The van der Waals surface area contributed by atoms with E-state index >= 15 is 0 Å². The van der Waals surface area contributed by atoms with E-state index in [4.69, 9.17) is 4.18 Å². The maximum absolute atomic E-state index is 11.6. The quantitative estimate of drug-likeness (QED) is 0.0789. The third-order valence-corrected chi connectivity index (χ3v) is 7.69. The first-order valence-corrected chi connectivity index (χ1v) is 17.2. The summed E-state index contributed by atoms with van der Waals surface area (Å²) in [7, 11) is -3.35. The SMILES string of the molecule is CCCCCCCCCCCCCCCCCCC(CCCCCCCCCC)OS(C)(=O)=O. The van der Waals surface area contributed by atoms with Crippen LogP contribution in [-0.4, -0.2) is 20.8 Å². The lowest BCUT2D eigenvalue weighted by atomic mass is 10.0. The van der Waals surface area contributed by atoms with E-state index in [1.54, 1.807) is 0 Å². The molecule has 0 aromatic carbocycles. The van der Waals surface area contributed by atoms with Gasteiger partial charge in [0.05, 0.1) is 12.4 Å². The third-order valence-electron chi connectivity index (χ3n) is 7.07. The van der Waals surface area contributed by atoms with Crippen molar-refractivity contribution in [2.45, 2.75) is 187 Å². The van der Waals surface area contributed by atoms with Gasteiger partial charge in [-0.2, -0.15) is 8.42 Å². The van der Waals surface area contributed by atoms with Crippen molar-refractivity contribution in [2.75, 3.05) is 6.26 Å². The Labute approximate surface area is 215 Å². The molecule has 1 unspecified atom stereocenters. The lowest BCUT2D eigenvalue weighted by Gasteiger charge is -2.16. The van der Waals surface area contributed by atoms with E-state index in [1.165, 1.54) is 148 Å². The summed E-state index contributed by atoms with van der Waals surface area (Å²) in [4.78, 5) is 0. The number of hydrogen-bond acceptors (Lipinski definition) is 3. The Morgan fingerprint density at radius 2 is 0.676 bits per heavy atom. The van der Waals surface area contributed by atoms with E-state index in [9.17, 15) is 8.42 Å². The largest absolute Gasteiger partial charge is 0.267 e. The van der Waals surface area contributed by atoms with E-state index in [-0.39, 0.29) is 6.10 Å². The van der Waals surface area contributed by atoms with Gasteiger partial charge in [0.15, 0.2) is 0 Å². The van der Waals surface area contributed by atoms with Gasteiger partial charge in [-0.15, -0.1) is 0 Å². The van der Waals surface area contributed by atoms with Gasteiger partial charge in [-0.3, -0.25) is 4.18 Å². The number of hydrogen-bond donors (Lipinski definition) is 0. The molecule has 1 atom stereocenters. The summed E-state index contributed by atoms with van der Waals surface area (Å²) in [6.45, 7) is 4.53. The van der Waals surface area contributed by atoms with Gasteiger partial charge in [0, 0.05) is 0 Å². The summed E-state index contributed by atoms with van der Waals surface area (Å²) in [6, 6.07) is 0. The molecule has 34 heavy (non-hydrogen) atoms. The van der Waals surface area contributed by atoms with Crippen molar-refractivity contribution in [2.24, 2.45) is 0 Å². The number of unbranched alkanes of at least 4 members (excludes halogenated alkanes) is 22. The maximum atomic E-state index is 11.6. The van der Waals surface area contributed by atoms with Crippen LogP contribution in [-0.2, 0) is 14.3 Å². The van der Waals surface area contributed by atoms with E-state index in [0.29, 0.717) is 0 Å². The molecule has 0 spiro atoms. The predicted molar refractivity (Wildman–Crippen MR) is 151 cm³/mol. The summed E-state index contributed by atoms with van der Waals surface area (Å²) in [5.74, 6) is 0. The zero-order valence-electron chi connectivity index (χ0n) is 23.6.